The highest BCUT2D eigenvalue weighted by atomic mass is 32.2. The number of nitrogens with two attached hydrogens (primary N) is 1. The topological polar surface area (TPSA) is 89.6 Å². The Kier molecular flexibility index (Phi) is 5.54. The molecule has 0 amide bonds. The number of ether oxygens (including phenoxy) is 1. The molecule has 0 saturated carbocycles. The van der Waals surface area contributed by atoms with Crippen LogP contribution in [-0.2, 0) is 14.6 Å². The van der Waals surface area contributed by atoms with Crippen molar-refractivity contribution < 1.29 is 18.3 Å². The third-order valence-electron chi connectivity index (χ3n) is 3.63. The van der Waals surface area contributed by atoms with Crippen molar-refractivity contribution >= 4 is 9.84 Å². The highest BCUT2D eigenvalue weighted by molar-refractivity contribution is 7.90. The maximum absolute atomic E-state index is 11.5. The first kappa shape index (κ1) is 17.6. The average Bonchev–Trinajstić information content (AvgIpc) is 2.54. The third-order valence-corrected chi connectivity index (χ3v) is 4.76. The highest BCUT2D eigenvalue weighted by Crippen LogP contribution is 2.24. The van der Waals surface area contributed by atoms with E-state index in [1.165, 1.54) is 13.4 Å². The molecule has 0 spiro atoms. The first-order chi connectivity index (χ1) is 10.8. The lowest BCUT2D eigenvalue weighted by Crippen LogP contribution is -2.32. The van der Waals surface area contributed by atoms with Crippen LogP contribution in [0.4, 0.5) is 0 Å². The molecule has 0 aliphatic carbocycles. The van der Waals surface area contributed by atoms with E-state index in [0.717, 1.165) is 11.1 Å². The van der Waals surface area contributed by atoms with Crippen molar-refractivity contribution in [3.8, 4) is 11.1 Å². The summed E-state index contributed by atoms with van der Waals surface area (Å²) in [6.45, 7) is 0.274. The lowest BCUT2D eigenvalue weighted by atomic mass is 9.99. The lowest BCUT2D eigenvalue weighted by molar-refractivity contribution is 0.0873. The molecule has 2 aromatic rings. The monoisotopic (exact) mass is 335 g/mol. The molecule has 2 aromatic carbocycles. The summed E-state index contributed by atoms with van der Waals surface area (Å²) in [6.07, 6.45) is 0.387. The molecule has 0 bridgehead atoms. The summed E-state index contributed by atoms with van der Waals surface area (Å²) in [7, 11) is -1.66. The molecule has 2 rings (SSSR count). The van der Waals surface area contributed by atoms with E-state index in [9.17, 15) is 13.5 Å². The molecule has 23 heavy (non-hydrogen) atoms. The van der Waals surface area contributed by atoms with Crippen LogP contribution in [0, 0.1) is 0 Å². The lowest BCUT2D eigenvalue weighted by Gasteiger charge is -2.18. The maximum Gasteiger partial charge on any atom is 0.175 e. The van der Waals surface area contributed by atoms with E-state index in [4.69, 9.17) is 10.5 Å². The predicted octanol–water partition coefficient (Wildman–Crippen LogP) is 1.76. The fourth-order valence-corrected chi connectivity index (χ4v) is 2.93. The van der Waals surface area contributed by atoms with Gasteiger partial charge in [0.2, 0.25) is 0 Å². The van der Waals surface area contributed by atoms with Crippen molar-refractivity contribution in [2.75, 3.05) is 20.0 Å². The minimum Gasteiger partial charge on any atom is -0.387 e. The predicted molar refractivity (Wildman–Crippen MR) is 89.8 cm³/mol. The molecule has 1 unspecified atom stereocenters. The van der Waals surface area contributed by atoms with Crippen molar-refractivity contribution in [3.05, 3.63) is 54.1 Å². The number of hydrogen-bond acceptors (Lipinski definition) is 5. The number of aliphatic hydroxyl groups is 1. The van der Waals surface area contributed by atoms with Gasteiger partial charge in [-0.15, -0.1) is 0 Å². The second-order valence-electron chi connectivity index (χ2n) is 5.48. The molecule has 124 valence electrons. The van der Waals surface area contributed by atoms with Crippen LogP contribution in [0.2, 0.25) is 0 Å². The Morgan fingerprint density at radius 1 is 1.04 bits per heavy atom. The van der Waals surface area contributed by atoms with Gasteiger partial charge < -0.3 is 15.6 Å². The Morgan fingerprint density at radius 2 is 1.52 bits per heavy atom. The summed E-state index contributed by atoms with van der Waals surface area (Å²) in [5, 5.41) is 10.1. The van der Waals surface area contributed by atoms with Gasteiger partial charge in [-0.05, 0) is 28.8 Å². The number of rotatable bonds is 6. The Balaban J connectivity index is 2.19. The largest absolute Gasteiger partial charge is 0.387 e. The number of sulfone groups is 1. The molecular formula is C17H21NO4S. The van der Waals surface area contributed by atoms with Crippen LogP contribution in [0.5, 0.6) is 0 Å². The van der Waals surface area contributed by atoms with Gasteiger partial charge in [-0.25, -0.2) is 8.42 Å². The zero-order chi connectivity index (χ0) is 17.0. The number of aliphatic hydroxyl groups excluding tert-OH is 1. The van der Waals surface area contributed by atoms with Gasteiger partial charge in [-0.1, -0.05) is 36.4 Å². The van der Waals surface area contributed by atoms with E-state index in [1.54, 1.807) is 36.4 Å². The number of methoxy groups -OCH3 is 1. The zero-order valence-electron chi connectivity index (χ0n) is 13.1. The standard InChI is InChI=1S/C17H21NO4S/c1-22-11-16(18)17(19)14-5-3-12(4-6-14)13-7-9-15(10-8-13)23(2,20)21/h3-10,16-17,19H,11,18H2,1-2H3/t16?,17-/m1/s1. The summed E-state index contributed by atoms with van der Waals surface area (Å²) in [5.41, 5.74) is 8.38. The van der Waals surface area contributed by atoms with Crippen molar-refractivity contribution in [2.24, 2.45) is 5.73 Å². The second-order valence-corrected chi connectivity index (χ2v) is 7.50. The van der Waals surface area contributed by atoms with Crippen LogP contribution in [0.1, 0.15) is 11.7 Å². The molecule has 5 nitrogen and oxygen atoms in total. The van der Waals surface area contributed by atoms with Crippen LogP contribution in [0.3, 0.4) is 0 Å². The maximum atomic E-state index is 11.5. The quantitative estimate of drug-likeness (QED) is 0.840. The van der Waals surface area contributed by atoms with Gasteiger partial charge in [-0.2, -0.15) is 0 Å². The molecule has 3 N–H and O–H groups in total. The normalized spacial score (nSPS) is 14.4. The summed E-state index contributed by atoms with van der Waals surface area (Å²) < 4.78 is 27.9. The van der Waals surface area contributed by atoms with Gasteiger partial charge in [0.25, 0.3) is 0 Å². The molecule has 0 fully saturated rings. The van der Waals surface area contributed by atoms with E-state index in [2.05, 4.69) is 0 Å². The van der Waals surface area contributed by atoms with E-state index >= 15 is 0 Å². The fraction of sp³-hybridized carbons (Fsp3) is 0.294. The average molecular weight is 335 g/mol. The van der Waals surface area contributed by atoms with Crippen LogP contribution in [0.15, 0.2) is 53.4 Å². The highest BCUT2D eigenvalue weighted by Gasteiger charge is 2.16. The van der Waals surface area contributed by atoms with E-state index in [-0.39, 0.29) is 6.61 Å². The Hall–Kier alpha value is -1.73. The second kappa shape index (κ2) is 7.23. The van der Waals surface area contributed by atoms with Gasteiger partial charge in [0.05, 0.1) is 23.6 Å². The SMILES string of the molecule is COCC(N)[C@H](O)c1ccc(-c2ccc(S(C)(=O)=O)cc2)cc1. The first-order valence-electron chi connectivity index (χ1n) is 7.16. The van der Waals surface area contributed by atoms with Crippen molar-refractivity contribution in [1.82, 2.24) is 0 Å². The van der Waals surface area contributed by atoms with Crippen molar-refractivity contribution in [2.45, 2.75) is 17.0 Å². The van der Waals surface area contributed by atoms with E-state index in [1.807, 2.05) is 12.1 Å². The fourth-order valence-electron chi connectivity index (χ4n) is 2.30. The smallest absolute Gasteiger partial charge is 0.175 e. The molecule has 2 atom stereocenters. The Morgan fingerprint density at radius 3 is 1.96 bits per heavy atom. The molecule has 0 aromatic heterocycles. The minimum absolute atomic E-state index is 0.274. The summed E-state index contributed by atoms with van der Waals surface area (Å²) >= 11 is 0. The Bertz CT molecular complexity index is 739. The third kappa shape index (κ3) is 4.39. The zero-order valence-corrected chi connectivity index (χ0v) is 14.0. The summed E-state index contributed by atoms with van der Waals surface area (Å²) in [4.78, 5) is 0.291. The molecule has 0 aliphatic heterocycles. The van der Waals surface area contributed by atoms with Crippen LogP contribution in [-0.4, -0.2) is 39.5 Å². The van der Waals surface area contributed by atoms with Crippen LogP contribution < -0.4 is 5.73 Å². The first-order valence-corrected chi connectivity index (χ1v) is 9.05. The number of benzene rings is 2. The number of hydrogen-bond donors (Lipinski definition) is 2. The van der Waals surface area contributed by atoms with Crippen molar-refractivity contribution in [3.63, 3.8) is 0 Å². The summed E-state index contributed by atoms with van der Waals surface area (Å²) in [6, 6.07) is 13.6. The van der Waals surface area contributed by atoms with Gasteiger partial charge in [0.1, 0.15) is 0 Å². The van der Waals surface area contributed by atoms with Gasteiger partial charge in [0, 0.05) is 13.4 Å². The Labute approximate surface area is 136 Å². The molecule has 0 radical (unpaired) electrons. The van der Waals surface area contributed by atoms with E-state index < -0.39 is 22.0 Å². The van der Waals surface area contributed by atoms with E-state index in [0.29, 0.717) is 10.5 Å². The molecule has 0 heterocycles. The van der Waals surface area contributed by atoms with Crippen molar-refractivity contribution in [1.29, 1.82) is 0 Å². The molecule has 0 saturated heterocycles. The van der Waals surface area contributed by atoms with Gasteiger partial charge in [-0.3, -0.25) is 0 Å². The molecule has 0 aliphatic rings. The van der Waals surface area contributed by atoms with Crippen LogP contribution in [0.25, 0.3) is 11.1 Å². The van der Waals surface area contributed by atoms with Gasteiger partial charge >= 0.3 is 0 Å². The summed E-state index contributed by atoms with van der Waals surface area (Å²) in [5.74, 6) is 0. The molecular weight excluding hydrogens is 314 g/mol. The van der Waals surface area contributed by atoms with Gasteiger partial charge in [0.15, 0.2) is 9.84 Å². The van der Waals surface area contributed by atoms with Crippen LogP contribution >= 0.6 is 0 Å². The molecule has 6 heteroatoms. The minimum atomic E-state index is -3.19.